The van der Waals surface area contributed by atoms with Crippen LogP contribution in [0.4, 0.5) is 0 Å². The number of nitriles is 1. The molecule has 0 amide bonds. The van der Waals surface area contributed by atoms with E-state index in [1.54, 1.807) is 6.92 Å². The smallest absolute Gasteiger partial charge is 0.328 e. The summed E-state index contributed by atoms with van der Waals surface area (Å²) in [7, 11) is 0. The summed E-state index contributed by atoms with van der Waals surface area (Å²) >= 11 is 0. The van der Waals surface area contributed by atoms with Crippen molar-refractivity contribution in [1.82, 2.24) is 0 Å². The minimum atomic E-state index is -1.25. The number of carbonyl (C=O) groups excluding carboxylic acids is 1. The molecule has 96 valence electrons. The maximum Gasteiger partial charge on any atom is 0.328 e. The van der Waals surface area contributed by atoms with Gasteiger partial charge in [0, 0.05) is 0 Å². The zero-order valence-electron chi connectivity index (χ0n) is 10.7. The predicted molar refractivity (Wildman–Crippen MR) is 66.5 cm³/mol. The van der Waals surface area contributed by atoms with E-state index in [2.05, 4.69) is 0 Å². The van der Waals surface area contributed by atoms with Crippen molar-refractivity contribution in [1.29, 1.82) is 5.26 Å². The highest BCUT2D eigenvalue weighted by Gasteiger charge is 2.35. The van der Waals surface area contributed by atoms with Crippen LogP contribution in [0.15, 0.2) is 30.3 Å². The highest BCUT2D eigenvalue weighted by molar-refractivity contribution is 5.79. The van der Waals surface area contributed by atoms with Gasteiger partial charge in [0.1, 0.15) is 0 Å². The van der Waals surface area contributed by atoms with Gasteiger partial charge in [-0.3, -0.25) is 4.79 Å². The summed E-state index contributed by atoms with van der Waals surface area (Å²) in [6.45, 7) is 3.89. The van der Waals surface area contributed by atoms with Crippen LogP contribution in [-0.2, 0) is 20.9 Å². The molecule has 0 fully saturated rings. The van der Waals surface area contributed by atoms with Crippen LogP contribution in [0.3, 0.4) is 0 Å². The molecule has 0 spiro atoms. The molecular formula is C14H17NO3. The highest BCUT2D eigenvalue weighted by Crippen LogP contribution is 2.18. The fourth-order valence-corrected chi connectivity index (χ4v) is 1.37. The molecule has 0 aliphatic carbocycles. The van der Waals surface area contributed by atoms with Gasteiger partial charge in [-0.15, -0.1) is 0 Å². The molecule has 0 N–H and O–H groups in total. The molecule has 1 aromatic rings. The lowest BCUT2D eigenvalue weighted by Crippen LogP contribution is -2.33. The van der Waals surface area contributed by atoms with Crippen molar-refractivity contribution in [2.24, 2.45) is 5.41 Å². The van der Waals surface area contributed by atoms with Crippen LogP contribution in [0, 0.1) is 16.7 Å². The van der Waals surface area contributed by atoms with Crippen molar-refractivity contribution < 1.29 is 14.3 Å². The summed E-state index contributed by atoms with van der Waals surface area (Å²) < 4.78 is 10.3. The molecule has 0 saturated carbocycles. The summed E-state index contributed by atoms with van der Waals surface area (Å²) in [5.41, 5.74) is -0.244. The van der Waals surface area contributed by atoms with Crippen LogP contribution in [0.1, 0.15) is 19.4 Å². The first-order valence-corrected chi connectivity index (χ1v) is 5.82. The second kappa shape index (κ2) is 6.77. The van der Waals surface area contributed by atoms with Crippen molar-refractivity contribution in [2.75, 3.05) is 13.2 Å². The lowest BCUT2D eigenvalue weighted by atomic mass is 9.94. The predicted octanol–water partition coefficient (Wildman–Crippen LogP) is 2.30. The number of carbonyl (C=O) groups is 1. The molecule has 0 bridgehead atoms. The fourth-order valence-electron chi connectivity index (χ4n) is 1.37. The first-order valence-electron chi connectivity index (χ1n) is 5.82. The van der Waals surface area contributed by atoms with Crippen LogP contribution in [-0.4, -0.2) is 19.2 Å². The molecule has 18 heavy (non-hydrogen) atoms. The number of hydrogen-bond acceptors (Lipinski definition) is 4. The molecule has 1 unspecified atom stereocenters. The molecule has 0 aliphatic heterocycles. The molecule has 4 nitrogen and oxygen atoms in total. The van der Waals surface area contributed by atoms with E-state index in [-0.39, 0.29) is 13.2 Å². The van der Waals surface area contributed by atoms with Gasteiger partial charge in [0.15, 0.2) is 5.41 Å². The Bertz CT molecular complexity index is 424. The van der Waals surface area contributed by atoms with E-state index in [4.69, 9.17) is 14.7 Å². The van der Waals surface area contributed by atoms with Crippen LogP contribution in [0.5, 0.6) is 0 Å². The Morgan fingerprint density at radius 2 is 2.06 bits per heavy atom. The monoisotopic (exact) mass is 247 g/mol. The Morgan fingerprint density at radius 3 is 2.61 bits per heavy atom. The summed E-state index contributed by atoms with van der Waals surface area (Å²) in [5.74, 6) is -0.541. The Morgan fingerprint density at radius 1 is 1.39 bits per heavy atom. The third-order valence-corrected chi connectivity index (χ3v) is 2.48. The summed E-state index contributed by atoms with van der Waals surface area (Å²) in [6.07, 6.45) is 0. The minimum Gasteiger partial charge on any atom is -0.465 e. The molecule has 4 heteroatoms. The number of benzene rings is 1. The maximum absolute atomic E-state index is 11.6. The second-order valence-electron chi connectivity index (χ2n) is 4.14. The van der Waals surface area contributed by atoms with E-state index in [1.165, 1.54) is 6.92 Å². The second-order valence-corrected chi connectivity index (χ2v) is 4.14. The number of esters is 1. The third kappa shape index (κ3) is 3.86. The maximum atomic E-state index is 11.6. The largest absolute Gasteiger partial charge is 0.465 e. The Labute approximate surface area is 107 Å². The van der Waals surface area contributed by atoms with Gasteiger partial charge in [-0.2, -0.15) is 5.26 Å². The van der Waals surface area contributed by atoms with Crippen molar-refractivity contribution in [3.05, 3.63) is 35.9 Å². The molecule has 0 heterocycles. The van der Waals surface area contributed by atoms with Gasteiger partial charge < -0.3 is 9.47 Å². The first-order chi connectivity index (χ1) is 8.62. The van der Waals surface area contributed by atoms with Crippen molar-refractivity contribution in [2.45, 2.75) is 20.5 Å². The summed E-state index contributed by atoms with van der Waals surface area (Å²) in [6, 6.07) is 11.5. The highest BCUT2D eigenvalue weighted by atomic mass is 16.5. The molecule has 0 radical (unpaired) electrons. The van der Waals surface area contributed by atoms with E-state index in [0.29, 0.717) is 6.61 Å². The zero-order chi connectivity index (χ0) is 13.4. The van der Waals surface area contributed by atoms with E-state index in [1.807, 2.05) is 36.4 Å². The van der Waals surface area contributed by atoms with Gasteiger partial charge in [-0.05, 0) is 19.4 Å². The zero-order valence-corrected chi connectivity index (χ0v) is 10.7. The summed E-state index contributed by atoms with van der Waals surface area (Å²) in [4.78, 5) is 11.6. The van der Waals surface area contributed by atoms with Gasteiger partial charge in [0.2, 0.25) is 0 Å². The SMILES string of the molecule is CCOC(=O)C(C)(C#N)COCc1ccccc1. The van der Waals surface area contributed by atoms with Gasteiger partial charge >= 0.3 is 5.97 Å². The van der Waals surface area contributed by atoms with Crippen molar-refractivity contribution >= 4 is 5.97 Å². The van der Waals surface area contributed by atoms with E-state index >= 15 is 0 Å². The van der Waals surface area contributed by atoms with Crippen LogP contribution < -0.4 is 0 Å². The molecular weight excluding hydrogens is 230 g/mol. The molecule has 1 aromatic carbocycles. The van der Waals surface area contributed by atoms with E-state index < -0.39 is 11.4 Å². The molecule has 0 aromatic heterocycles. The average Bonchev–Trinajstić information content (AvgIpc) is 2.40. The Balaban J connectivity index is 2.50. The van der Waals surface area contributed by atoms with Crippen molar-refractivity contribution in [3.63, 3.8) is 0 Å². The minimum absolute atomic E-state index is 0.0250. The van der Waals surface area contributed by atoms with E-state index in [9.17, 15) is 4.79 Å². The van der Waals surface area contributed by atoms with Gasteiger partial charge in [0.25, 0.3) is 0 Å². The molecule has 0 aliphatic rings. The third-order valence-electron chi connectivity index (χ3n) is 2.48. The normalized spacial score (nSPS) is 13.4. The first kappa shape index (κ1) is 14.2. The lowest BCUT2D eigenvalue weighted by Gasteiger charge is -2.19. The lowest BCUT2D eigenvalue weighted by molar-refractivity contribution is -0.154. The van der Waals surface area contributed by atoms with Crippen LogP contribution in [0.2, 0.25) is 0 Å². The number of hydrogen-bond donors (Lipinski definition) is 0. The van der Waals surface area contributed by atoms with Gasteiger partial charge in [0.05, 0.1) is 25.9 Å². The Hall–Kier alpha value is -1.86. The average molecular weight is 247 g/mol. The van der Waals surface area contributed by atoms with Gasteiger partial charge in [-0.25, -0.2) is 0 Å². The molecule has 1 rings (SSSR count). The van der Waals surface area contributed by atoms with Gasteiger partial charge in [-0.1, -0.05) is 30.3 Å². The number of rotatable bonds is 6. The molecule has 0 saturated heterocycles. The standard InChI is InChI=1S/C14H17NO3/c1-3-18-13(16)14(2,10-15)11-17-9-12-7-5-4-6-8-12/h4-8H,3,9,11H2,1-2H3. The quantitative estimate of drug-likeness (QED) is 0.724. The number of nitrogens with zero attached hydrogens (tertiary/aromatic N) is 1. The Kier molecular flexibility index (Phi) is 5.34. The van der Waals surface area contributed by atoms with Crippen LogP contribution in [0.25, 0.3) is 0 Å². The fraction of sp³-hybridized carbons (Fsp3) is 0.429. The van der Waals surface area contributed by atoms with Crippen molar-refractivity contribution in [3.8, 4) is 6.07 Å². The number of ether oxygens (including phenoxy) is 2. The van der Waals surface area contributed by atoms with Crippen LogP contribution >= 0.6 is 0 Å². The molecule has 1 atom stereocenters. The topological polar surface area (TPSA) is 59.3 Å². The summed E-state index contributed by atoms with van der Waals surface area (Å²) in [5, 5.41) is 9.05. The van der Waals surface area contributed by atoms with E-state index in [0.717, 1.165) is 5.56 Å².